The molecule has 0 aliphatic carbocycles. The lowest BCUT2D eigenvalue weighted by Crippen LogP contribution is -2.08. The van der Waals surface area contributed by atoms with Gasteiger partial charge in [0.05, 0.1) is 0 Å². The Morgan fingerprint density at radius 2 is 1.63 bits per heavy atom. The molecule has 2 aromatic rings. The first-order valence-corrected chi connectivity index (χ1v) is 5.72. The maximum absolute atomic E-state index is 12.9. The second kappa shape index (κ2) is 5.12. The van der Waals surface area contributed by atoms with Gasteiger partial charge in [-0.2, -0.15) is 13.2 Å². The van der Waals surface area contributed by atoms with Gasteiger partial charge in [-0.25, -0.2) is 8.78 Å². The van der Waals surface area contributed by atoms with Crippen molar-refractivity contribution in [1.82, 2.24) is 10.2 Å². The molecule has 0 saturated heterocycles. The van der Waals surface area contributed by atoms with E-state index in [-0.39, 0.29) is 5.03 Å². The third-order valence-corrected chi connectivity index (χ3v) is 2.96. The number of halogens is 5. The zero-order valence-electron chi connectivity index (χ0n) is 9.08. The molecule has 1 heterocycles. The minimum Gasteiger partial charge on any atom is -0.204 e. The lowest BCUT2D eigenvalue weighted by molar-refractivity contribution is -0.141. The van der Waals surface area contributed by atoms with Crippen LogP contribution in [0.25, 0.3) is 0 Å². The van der Waals surface area contributed by atoms with Crippen LogP contribution in [0.4, 0.5) is 22.0 Å². The van der Waals surface area contributed by atoms with E-state index >= 15 is 0 Å². The average molecular weight is 292 g/mol. The first-order valence-electron chi connectivity index (χ1n) is 4.90. The second-order valence-corrected chi connectivity index (χ2v) is 4.53. The predicted octanol–water partition coefficient (Wildman–Crippen LogP) is 3.92. The molecule has 0 atom stereocenters. The van der Waals surface area contributed by atoms with Gasteiger partial charge < -0.3 is 0 Å². The van der Waals surface area contributed by atoms with Gasteiger partial charge in [-0.3, -0.25) is 0 Å². The van der Waals surface area contributed by atoms with Crippen LogP contribution < -0.4 is 0 Å². The molecule has 0 aliphatic rings. The number of hydrogen-bond acceptors (Lipinski definition) is 3. The number of alkyl halides is 3. The Morgan fingerprint density at radius 1 is 0.895 bits per heavy atom. The van der Waals surface area contributed by atoms with E-state index in [0.717, 1.165) is 36.0 Å². The van der Waals surface area contributed by atoms with Crippen LogP contribution in [0.15, 0.2) is 40.3 Å². The molecular formula is C11H5F5N2S. The van der Waals surface area contributed by atoms with Crippen LogP contribution >= 0.6 is 11.8 Å². The summed E-state index contributed by atoms with van der Waals surface area (Å²) in [6.45, 7) is 0. The molecule has 19 heavy (non-hydrogen) atoms. The molecular weight excluding hydrogens is 287 g/mol. The van der Waals surface area contributed by atoms with Crippen LogP contribution in [0.2, 0.25) is 0 Å². The van der Waals surface area contributed by atoms with E-state index in [2.05, 4.69) is 10.2 Å². The Bertz CT molecular complexity index is 583. The minimum atomic E-state index is -4.56. The molecule has 8 heteroatoms. The van der Waals surface area contributed by atoms with Crippen molar-refractivity contribution in [3.05, 3.63) is 47.7 Å². The highest BCUT2D eigenvalue weighted by Crippen LogP contribution is 2.30. The van der Waals surface area contributed by atoms with Crippen molar-refractivity contribution in [2.24, 2.45) is 0 Å². The van der Waals surface area contributed by atoms with Gasteiger partial charge in [0.15, 0.2) is 17.3 Å². The Balaban J connectivity index is 2.17. The molecule has 0 amide bonds. The van der Waals surface area contributed by atoms with Crippen molar-refractivity contribution < 1.29 is 22.0 Å². The quantitative estimate of drug-likeness (QED) is 0.784. The zero-order chi connectivity index (χ0) is 14.0. The molecule has 0 spiro atoms. The molecule has 0 bridgehead atoms. The molecule has 0 N–H and O–H groups in total. The van der Waals surface area contributed by atoms with Crippen LogP contribution in [0.3, 0.4) is 0 Å². The van der Waals surface area contributed by atoms with Gasteiger partial charge in [0.25, 0.3) is 0 Å². The van der Waals surface area contributed by atoms with Crippen molar-refractivity contribution in [2.45, 2.75) is 16.1 Å². The van der Waals surface area contributed by atoms with Gasteiger partial charge >= 0.3 is 6.18 Å². The van der Waals surface area contributed by atoms with Crippen LogP contribution in [0, 0.1) is 11.6 Å². The van der Waals surface area contributed by atoms with E-state index in [1.54, 1.807) is 0 Å². The largest absolute Gasteiger partial charge is 0.435 e. The van der Waals surface area contributed by atoms with Crippen molar-refractivity contribution in [3.63, 3.8) is 0 Å². The smallest absolute Gasteiger partial charge is 0.204 e. The third kappa shape index (κ3) is 3.40. The lowest BCUT2D eigenvalue weighted by Gasteiger charge is -2.05. The number of aromatic nitrogens is 2. The van der Waals surface area contributed by atoms with Crippen molar-refractivity contribution in [1.29, 1.82) is 0 Å². The minimum absolute atomic E-state index is 0.152. The molecule has 2 nitrogen and oxygen atoms in total. The second-order valence-electron chi connectivity index (χ2n) is 3.43. The normalized spacial score (nSPS) is 11.6. The Labute approximate surface area is 108 Å². The molecule has 100 valence electrons. The predicted molar refractivity (Wildman–Crippen MR) is 57.5 cm³/mol. The Hall–Kier alpha value is -1.70. The van der Waals surface area contributed by atoms with Crippen molar-refractivity contribution in [3.8, 4) is 0 Å². The summed E-state index contributed by atoms with van der Waals surface area (Å²) in [6, 6.07) is 5.04. The Morgan fingerprint density at radius 3 is 2.16 bits per heavy atom. The first kappa shape index (κ1) is 13.7. The number of benzene rings is 1. The average Bonchev–Trinajstić information content (AvgIpc) is 2.33. The summed E-state index contributed by atoms with van der Waals surface area (Å²) in [5, 5.41) is 6.54. The molecule has 0 fully saturated rings. The van der Waals surface area contributed by atoms with E-state index in [9.17, 15) is 22.0 Å². The van der Waals surface area contributed by atoms with E-state index in [4.69, 9.17) is 0 Å². The fourth-order valence-corrected chi connectivity index (χ4v) is 1.94. The molecule has 0 aliphatic heterocycles. The van der Waals surface area contributed by atoms with E-state index in [1.165, 1.54) is 6.07 Å². The standard InChI is InChI=1S/C11H5F5N2S/c12-7-2-1-6(5-8(7)13)19-10-4-3-9(17-18-10)11(14,15)16/h1-5H. The summed E-state index contributed by atoms with van der Waals surface area (Å²) in [4.78, 5) is 0.313. The summed E-state index contributed by atoms with van der Waals surface area (Å²) >= 11 is 0.882. The number of hydrogen-bond donors (Lipinski definition) is 0. The summed E-state index contributed by atoms with van der Waals surface area (Å²) < 4.78 is 62.3. The molecule has 2 rings (SSSR count). The zero-order valence-corrected chi connectivity index (χ0v) is 9.90. The van der Waals surface area contributed by atoms with Crippen molar-refractivity contribution in [2.75, 3.05) is 0 Å². The first-order chi connectivity index (χ1) is 8.86. The molecule has 1 aromatic heterocycles. The number of nitrogens with zero attached hydrogens (tertiary/aromatic N) is 2. The maximum Gasteiger partial charge on any atom is 0.435 e. The molecule has 1 aromatic carbocycles. The summed E-state index contributed by atoms with van der Waals surface area (Å²) in [5.74, 6) is -2.03. The van der Waals surface area contributed by atoms with Crippen molar-refractivity contribution >= 4 is 11.8 Å². The van der Waals surface area contributed by atoms with Crippen LogP contribution in [0.5, 0.6) is 0 Å². The highest BCUT2D eigenvalue weighted by atomic mass is 32.2. The topological polar surface area (TPSA) is 25.8 Å². The maximum atomic E-state index is 12.9. The van der Waals surface area contributed by atoms with Gasteiger partial charge in [0, 0.05) is 4.90 Å². The summed E-state index contributed by atoms with van der Waals surface area (Å²) in [7, 11) is 0. The summed E-state index contributed by atoms with van der Waals surface area (Å²) in [6.07, 6.45) is -4.56. The fourth-order valence-electron chi connectivity index (χ4n) is 1.19. The molecule has 0 radical (unpaired) electrons. The van der Waals surface area contributed by atoms with Crippen LogP contribution in [-0.4, -0.2) is 10.2 Å². The molecule has 0 unspecified atom stereocenters. The summed E-state index contributed by atoms with van der Waals surface area (Å²) in [5.41, 5.74) is -1.11. The Kier molecular flexibility index (Phi) is 3.70. The monoisotopic (exact) mass is 292 g/mol. The van der Waals surface area contributed by atoms with Crippen LogP contribution in [-0.2, 0) is 6.18 Å². The number of rotatable bonds is 2. The lowest BCUT2D eigenvalue weighted by atomic mass is 10.3. The van der Waals surface area contributed by atoms with Gasteiger partial charge in [0.1, 0.15) is 5.03 Å². The van der Waals surface area contributed by atoms with Gasteiger partial charge in [-0.15, -0.1) is 10.2 Å². The highest BCUT2D eigenvalue weighted by Gasteiger charge is 2.32. The highest BCUT2D eigenvalue weighted by molar-refractivity contribution is 7.99. The van der Waals surface area contributed by atoms with Crippen LogP contribution in [0.1, 0.15) is 5.69 Å². The molecule has 0 saturated carbocycles. The third-order valence-electron chi connectivity index (χ3n) is 2.04. The van der Waals surface area contributed by atoms with E-state index < -0.39 is 23.5 Å². The van der Waals surface area contributed by atoms with Gasteiger partial charge in [0.2, 0.25) is 0 Å². The van der Waals surface area contributed by atoms with E-state index in [1.807, 2.05) is 0 Å². The van der Waals surface area contributed by atoms with Gasteiger partial charge in [-0.1, -0.05) is 11.8 Å². The van der Waals surface area contributed by atoms with E-state index in [0.29, 0.717) is 4.90 Å². The van der Waals surface area contributed by atoms with Gasteiger partial charge in [-0.05, 0) is 30.3 Å². The fraction of sp³-hybridized carbons (Fsp3) is 0.0909. The SMILES string of the molecule is Fc1ccc(Sc2ccc(C(F)(F)F)nn2)cc1F.